The van der Waals surface area contributed by atoms with Crippen LogP contribution in [0.15, 0.2) is 35.8 Å². The molecule has 12 heavy (non-hydrogen) atoms. The van der Waals surface area contributed by atoms with E-state index in [-0.39, 0.29) is 0 Å². The fourth-order valence-corrected chi connectivity index (χ4v) is 1.01. The monoisotopic (exact) mass is 159 g/mol. The zero-order valence-electron chi connectivity index (χ0n) is 6.87. The number of rotatable bonds is 2. The summed E-state index contributed by atoms with van der Waals surface area (Å²) in [7, 11) is 0. The summed E-state index contributed by atoms with van der Waals surface area (Å²) in [6.07, 6.45) is 1.47. The molecule has 1 aromatic carbocycles. The predicted octanol–water partition coefficient (Wildman–Crippen LogP) is 2.30. The Bertz CT molecular complexity index is 349. The Labute approximate surface area is 71.3 Å². The zero-order chi connectivity index (χ0) is 8.97. The van der Waals surface area contributed by atoms with Crippen molar-refractivity contribution in [1.82, 2.24) is 0 Å². The summed E-state index contributed by atoms with van der Waals surface area (Å²) in [5.74, 6) is 0. The molecule has 0 bridgehead atoms. The van der Waals surface area contributed by atoms with Crippen LogP contribution in [0, 0.1) is 6.92 Å². The molecule has 1 rings (SSSR count). The lowest BCUT2D eigenvalue weighted by atomic mass is 10.1. The van der Waals surface area contributed by atoms with Crippen LogP contribution in [-0.4, -0.2) is 6.08 Å². The first-order chi connectivity index (χ1) is 5.75. The summed E-state index contributed by atoms with van der Waals surface area (Å²) < 4.78 is 0. The summed E-state index contributed by atoms with van der Waals surface area (Å²) >= 11 is 0. The number of isocyanates is 1. The SMILES string of the molecule is C=C(N=C=O)c1ccccc1C. The fraction of sp³-hybridized carbons (Fsp3) is 0.100. The van der Waals surface area contributed by atoms with Crippen LogP contribution in [0.3, 0.4) is 0 Å². The van der Waals surface area contributed by atoms with Gasteiger partial charge < -0.3 is 0 Å². The topological polar surface area (TPSA) is 29.4 Å². The van der Waals surface area contributed by atoms with Crippen molar-refractivity contribution in [2.45, 2.75) is 6.92 Å². The zero-order valence-corrected chi connectivity index (χ0v) is 6.87. The smallest absolute Gasteiger partial charge is 0.211 e. The van der Waals surface area contributed by atoms with Crippen molar-refractivity contribution >= 4 is 11.8 Å². The minimum atomic E-state index is 0.461. The average Bonchev–Trinajstić information content (AvgIpc) is 2.05. The van der Waals surface area contributed by atoms with E-state index in [2.05, 4.69) is 11.6 Å². The maximum Gasteiger partial charge on any atom is 0.240 e. The molecule has 0 aliphatic carbocycles. The van der Waals surface area contributed by atoms with Gasteiger partial charge in [0.25, 0.3) is 0 Å². The molecule has 0 saturated heterocycles. The largest absolute Gasteiger partial charge is 0.240 e. The number of hydrogen-bond donors (Lipinski definition) is 0. The number of nitrogens with zero attached hydrogens (tertiary/aromatic N) is 1. The minimum Gasteiger partial charge on any atom is -0.211 e. The Morgan fingerprint density at radius 1 is 1.50 bits per heavy atom. The number of aryl methyl sites for hydroxylation is 1. The molecule has 0 spiro atoms. The molecule has 2 heteroatoms. The van der Waals surface area contributed by atoms with Gasteiger partial charge in [0.05, 0.1) is 5.70 Å². The number of carbonyl (C=O) groups excluding carboxylic acids is 1. The van der Waals surface area contributed by atoms with Crippen molar-refractivity contribution in [3.63, 3.8) is 0 Å². The highest BCUT2D eigenvalue weighted by Crippen LogP contribution is 2.16. The molecule has 0 radical (unpaired) electrons. The van der Waals surface area contributed by atoms with Gasteiger partial charge in [-0.25, -0.2) is 4.79 Å². The summed E-state index contributed by atoms with van der Waals surface area (Å²) in [6, 6.07) is 7.63. The number of benzene rings is 1. The average molecular weight is 159 g/mol. The normalized spacial score (nSPS) is 8.75. The van der Waals surface area contributed by atoms with Crippen LogP contribution in [0.2, 0.25) is 0 Å². The summed E-state index contributed by atoms with van der Waals surface area (Å²) in [4.78, 5) is 13.4. The van der Waals surface area contributed by atoms with Gasteiger partial charge in [0.1, 0.15) is 0 Å². The predicted molar refractivity (Wildman–Crippen MR) is 48.3 cm³/mol. The first-order valence-electron chi connectivity index (χ1n) is 3.58. The van der Waals surface area contributed by atoms with Gasteiger partial charge in [0.15, 0.2) is 0 Å². The Balaban J connectivity index is 3.11. The third-order valence-electron chi connectivity index (χ3n) is 1.64. The molecule has 0 heterocycles. The van der Waals surface area contributed by atoms with Crippen LogP contribution in [0.4, 0.5) is 0 Å². The second kappa shape index (κ2) is 3.65. The van der Waals surface area contributed by atoms with E-state index in [1.165, 1.54) is 6.08 Å². The standard InChI is InChI=1S/C10H9NO/c1-8-5-3-4-6-10(8)9(2)11-7-12/h3-6H,2H2,1H3. The van der Waals surface area contributed by atoms with Crippen LogP contribution >= 0.6 is 0 Å². The molecule has 0 saturated carbocycles. The number of hydrogen-bond acceptors (Lipinski definition) is 2. The van der Waals surface area contributed by atoms with E-state index < -0.39 is 0 Å². The minimum absolute atomic E-state index is 0.461. The van der Waals surface area contributed by atoms with Crippen LogP contribution in [0.1, 0.15) is 11.1 Å². The Morgan fingerprint density at radius 3 is 2.75 bits per heavy atom. The molecule has 0 N–H and O–H groups in total. The second-order valence-corrected chi connectivity index (χ2v) is 2.46. The second-order valence-electron chi connectivity index (χ2n) is 2.46. The molecule has 0 atom stereocenters. The first kappa shape index (κ1) is 8.44. The Hall–Kier alpha value is -1.66. The molecule has 0 unspecified atom stereocenters. The van der Waals surface area contributed by atoms with Crippen molar-refractivity contribution in [2.24, 2.45) is 4.99 Å². The maximum atomic E-state index is 9.95. The van der Waals surface area contributed by atoms with E-state index in [1.54, 1.807) is 0 Å². The third-order valence-corrected chi connectivity index (χ3v) is 1.64. The lowest BCUT2D eigenvalue weighted by Crippen LogP contribution is -1.83. The Kier molecular flexibility index (Phi) is 2.57. The molecular weight excluding hydrogens is 150 g/mol. The molecular formula is C10H9NO. The van der Waals surface area contributed by atoms with E-state index in [9.17, 15) is 4.79 Å². The fourth-order valence-electron chi connectivity index (χ4n) is 1.01. The maximum absolute atomic E-state index is 9.95. The molecule has 1 aromatic rings. The van der Waals surface area contributed by atoms with Crippen LogP contribution in [0.25, 0.3) is 5.70 Å². The van der Waals surface area contributed by atoms with Crippen LogP contribution in [0.5, 0.6) is 0 Å². The van der Waals surface area contributed by atoms with Gasteiger partial charge in [-0.1, -0.05) is 30.8 Å². The van der Waals surface area contributed by atoms with Crippen molar-refractivity contribution in [2.75, 3.05) is 0 Å². The van der Waals surface area contributed by atoms with E-state index in [4.69, 9.17) is 0 Å². The van der Waals surface area contributed by atoms with E-state index in [1.807, 2.05) is 31.2 Å². The summed E-state index contributed by atoms with van der Waals surface area (Å²) in [6.45, 7) is 5.59. The highest BCUT2D eigenvalue weighted by molar-refractivity contribution is 5.69. The van der Waals surface area contributed by atoms with Gasteiger partial charge >= 0.3 is 0 Å². The molecule has 0 aromatic heterocycles. The van der Waals surface area contributed by atoms with Crippen LogP contribution in [-0.2, 0) is 4.79 Å². The highest BCUT2D eigenvalue weighted by Gasteiger charge is 1.98. The molecule has 2 nitrogen and oxygen atoms in total. The molecule has 0 amide bonds. The van der Waals surface area contributed by atoms with Crippen molar-refractivity contribution in [1.29, 1.82) is 0 Å². The van der Waals surface area contributed by atoms with Crippen molar-refractivity contribution in [3.05, 3.63) is 42.0 Å². The first-order valence-corrected chi connectivity index (χ1v) is 3.58. The van der Waals surface area contributed by atoms with Gasteiger partial charge in [-0.3, -0.25) is 0 Å². The van der Waals surface area contributed by atoms with Gasteiger partial charge in [0.2, 0.25) is 6.08 Å². The Morgan fingerprint density at radius 2 is 2.17 bits per heavy atom. The summed E-state index contributed by atoms with van der Waals surface area (Å²) in [5, 5.41) is 0. The van der Waals surface area contributed by atoms with E-state index >= 15 is 0 Å². The molecule has 0 aliphatic rings. The quantitative estimate of drug-likeness (QED) is 0.481. The van der Waals surface area contributed by atoms with Gasteiger partial charge in [-0.05, 0) is 12.5 Å². The van der Waals surface area contributed by atoms with Crippen molar-refractivity contribution in [3.8, 4) is 0 Å². The number of aliphatic imine (C=N–C) groups is 1. The van der Waals surface area contributed by atoms with Gasteiger partial charge in [-0.2, -0.15) is 4.99 Å². The van der Waals surface area contributed by atoms with Crippen molar-refractivity contribution < 1.29 is 4.79 Å². The lowest BCUT2D eigenvalue weighted by Gasteiger charge is -2.01. The van der Waals surface area contributed by atoms with Gasteiger partial charge in [0, 0.05) is 5.56 Å². The molecule has 0 aliphatic heterocycles. The highest BCUT2D eigenvalue weighted by atomic mass is 16.1. The van der Waals surface area contributed by atoms with Gasteiger partial charge in [-0.15, -0.1) is 0 Å². The van der Waals surface area contributed by atoms with E-state index in [0.29, 0.717) is 5.70 Å². The van der Waals surface area contributed by atoms with E-state index in [0.717, 1.165) is 11.1 Å². The molecule has 60 valence electrons. The third kappa shape index (κ3) is 1.68. The van der Waals surface area contributed by atoms with Crippen LogP contribution < -0.4 is 0 Å². The lowest BCUT2D eigenvalue weighted by molar-refractivity contribution is 0.565. The summed E-state index contributed by atoms with van der Waals surface area (Å²) in [5.41, 5.74) is 2.41. The molecule has 0 fully saturated rings.